The van der Waals surface area contributed by atoms with Crippen LogP contribution in [0.2, 0.25) is 25.2 Å². The van der Waals surface area contributed by atoms with Gasteiger partial charge in [0.1, 0.15) is 0 Å². The lowest BCUT2D eigenvalue weighted by molar-refractivity contribution is 0.188. The van der Waals surface area contributed by atoms with Gasteiger partial charge in [-0.2, -0.15) is 0 Å². The van der Waals surface area contributed by atoms with E-state index in [0.717, 1.165) is 62.3 Å². The lowest BCUT2D eigenvalue weighted by Crippen LogP contribution is -2.38. The second-order valence-corrected chi connectivity index (χ2v) is 15.8. The molecule has 206 valence electrons. The molecule has 0 amide bonds. The Bertz CT molecular complexity index is 707. The minimum atomic E-state index is -2.06. The topological polar surface area (TPSA) is 61.6 Å². The third-order valence-electron chi connectivity index (χ3n) is 6.20. The zero-order valence-corrected chi connectivity index (χ0v) is 26.3. The summed E-state index contributed by atoms with van der Waals surface area (Å²) in [6.07, 6.45) is 3.82. The Kier molecular flexibility index (Phi) is 16.6. The van der Waals surface area contributed by atoms with Crippen LogP contribution in [0.1, 0.15) is 78.4 Å². The molecule has 0 bridgehead atoms. The molecule has 0 N–H and O–H groups in total. The highest BCUT2D eigenvalue weighted by atomic mass is 28.4. The Hall–Kier alpha value is -1.17. The van der Waals surface area contributed by atoms with Crippen molar-refractivity contribution in [3.05, 3.63) is 35.4 Å². The molecule has 0 fully saturated rings. The summed E-state index contributed by atoms with van der Waals surface area (Å²) in [5, 5.41) is 0. The maximum atomic E-state index is 5.95. The summed E-state index contributed by atoms with van der Waals surface area (Å²) in [5.41, 5.74) is 4.70. The monoisotopic (exact) mass is 536 g/mol. The van der Waals surface area contributed by atoms with Gasteiger partial charge in [-0.1, -0.05) is 38.1 Å². The molecule has 0 unspecified atom stereocenters. The quantitative estimate of drug-likeness (QED) is 0.101. The van der Waals surface area contributed by atoms with E-state index in [1.54, 1.807) is 0 Å². The molecule has 0 atom stereocenters. The summed E-state index contributed by atoms with van der Waals surface area (Å²) in [6.45, 7) is 21.3. The number of benzene rings is 1. The van der Waals surface area contributed by atoms with Crippen molar-refractivity contribution in [3.8, 4) is 0 Å². The molecule has 0 aliphatic rings. The van der Waals surface area contributed by atoms with Gasteiger partial charge in [0.2, 0.25) is 0 Å². The highest BCUT2D eigenvalue weighted by Crippen LogP contribution is 2.18. The minimum Gasteiger partial charge on any atom is -0.395 e. The average Bonchev–Trinajstić information content (AvgIpc) is 2.85. The standard InChI is InChI=1S/C28H52N2O4Si2/c1-9-27(29-21-15-23-35(7,31-11-3)32-12-4)25-17-19-26(20-18-25)28(10-2)30-22-16-24-36(8,33-13-5)34-14-6/h17-20H,9-16,21-24H2,1-8H3. The van der Waals surface area contributed by atoms with Crippen LogP contribution in [0.5, 0.6) is 0 Å². The summed E-state index contributed by atoms with van der Waals surface area (Å²) in [5.74, 6) is 0. The predicted octanol–water partition coefficient (Wildman–Crippen LogP) is 7.16. The van der Waals surface area contributed by atoms with Crippen molar-refractivity contribution in [1.82, 2.24) is 0 Å². The van der Waals surface area contributed by atoms with Crippen LogP contribution in [0.25, 0.3) is 0 Å². The number of nitrogens with zero attached hydrogens (tertiary/aromatic N) is 2. The predicted molar refractivity (Wildman–Crippen MR) is 158 cm³/mol. The van der Waals surface area contributed by atoms with Crippen LogP contribution in [0.4, 0.5) is 0 Å². The van der Waals surface area contributed by atoms with E-state index in [1.807, 2.05) is 27.7 Å². The summed E-state index contributed by atoms with van der Waals surface area (Å²) < 4.78 is 23.8. The van der Waals surface area contributed by atoms with Gasteiger partial charge in [0, 0.05) is 50.9 Å². The molecule has 0 saturated carbocycles. The van der Waals surface area contributed by atoms with Crippen molar-refractivity contribution in [2.75, 3.05) is 39.5 Å². The van der Waals surface area contributed by atoms with Gasteiger partial charge in [0.25, 0.3) is 0 Å². The molecule has 1 rings (SSSR count). The number of rotatable bonds is 20. The number of hydrogen-bond donors (Lipinski definition) is 0. The largest absolute Gasteiger partial charge is 0.395 e. The van der Waals surface area contributed by atoms with Crippen LogP contribution in [-0.4, -0.2) is 68.1 Å². The van der Waals surface area contributed by atoms with Crippen molar-refractivity contribution in [2.45, 2.75) is 92.4 Å². The van der Waals surface area contributed by atoms with E-state index in [0.29, 0.717) is 26.4 Å². The van der Waals surface area contributed by atoms with Crippen molar-refractivity contribution in [1.29, 1.82) is 0 Å². The van der Waals surface area contributed by atoms with Gasteiger partial charge in [-0.25, -0.2) is 0 Å². The Morgan fingerprint density at radius 2 is 0.889 bits per heavy atom. The Morgan fingerprint density at radius 1 is 0.583 bits per heavy atom. The zero-order valence-electron chi connectivity index (χ0n) is 24.3. The van der Waals surface area contributed by atoms with Crippen molar-refractivity contribution in [3.63, 3.8) is 0 Å². The first-order valence-electron chi connectivity index (χ1n) is 14.0. The van der Waals surface area contributed by atoms with E-state index in [4.69, 9.17) is 27.7 Å². The highest BCUT2D eigenvalue weighted by molar-refractivity contribution is 6.66. The van der Waals surface area contributed by atoms with Crippen LogP contribution in [0.3, 0.4) is 0 Å². The van der Waals surface area contributed by atoms with E-state index >= 15 is 0 Å². The van der Waals surface area contributed by atoms with Gasteiger partial charge < -0.3 is 17.7 Å². The first kappa shape index (κ1) is 32.9. The summed E-state index contributed by atoms with van der Waals surface area (Å²) in [6, 6.07) is 10.7. The molecule has 36 heavy (non-hydrogen) atoms. The van der Waals surface area contributed by atoms with Crippen LogP contribution >= 0.6 is 0 Å². The Morgan fingerprint density at radius 3 is 1.14 bits per heavy atom. The van der Waals surface area contributed by atoms with Crippen molar-refractivity contribution >= 4 is 28.5 Å². The van der Waals surface area contributed by atoms with Gasteiger partial charge in [0.15, 0.2) is 0 Å². The molecule has 0 aliphatic heterocycles. The smallest absolute Gasteiger partial charge is 0.334 e. The lowest BCUT2D eigenvalue weighted by atomic mass is 10.0. The highest BCUT2D eigenvalue weighted by Gasteiger charge is 2.30. The molecule has 0 aliphatic carbocycles. The maximum Gasteiger partial charge on any atom is 0.334 e. The van der Waals surface area contributed by atoms with E-state index in [9.17, 15) is 0 Å². The molecule has 1 aromatic carbocycles. The molecule has 0 spiro atoms. The summed E-state index contributed by atoms with van der Waals surface area (Å²) >= 11 is 0. The second-order valence-electron chi connectivity index (χ2n) is 9.15. The van der Waals surface area contributed by atoms with Crippen LogP contribution in [-0.2, 0) is 17.7 Å². The SMILES string of the molecule is CCO[Si](C)(CCCN=C(CC)c1ccc(C(CC)=NCCC[Si](C)(OCC)OCC)cc1)OCC. The molecular formula is C28H52N2O4Si2. The van der Waals surface area contributed by atoms with Gasteiger partial charge in [-0.15, -0.1) is 0 Å². The summed E-state index contributed by atoms with van der Waals surface area (Å²) in [7, 11) is -4.13. The first-order chi connectivity index (χ1) is 17.3. The van der Waals surface area contributed by atoms with Crippen LogP contribution in [0, 0.1) is 0 Å². The molecule has 0 aromatic heterocycles. The molecule has 1 aromatic rings. The van der Waals surface area contributed by atoms with Gasteiger partial charge in [-0.3, -0.25) is 9.98 Å². The molecular weight excluding hydrogens is 484 g/mol. The normalized spacial score (nSPS) is 13.4. The summed E-state index contributed by atoms with van der Waals surface area (Å²) in [4.78, 5) is 9.84. The molecule has 6 nitrogen and oxygen atoms in total. The van der Waals surface area contributed by atoms with Crippen molar-refractivity contribution < 1.29 is 17.7 Å². The zero-order chi connectivity index (χ0) is 26.9. The number of hydrogen-bond acceptors (Lipinski definition) is 6. The molecule has 0 heterocycles. The van der Waals surface area contributed by atoms with Gasteiger partial charge >= 0.3 is 17.1 Å². The third-order valence-corrected chi connectivity index (χ3v) is 12.3. The molecule has 0 radical (unpaired) electrons. The Labute approximate surface area is 223 Å². The molecule has 8 heteroatoms. The first-order valence-corrected chi connectivity index (χ1v) is 19.1. The van der Waals surface area contributed by atoms with E-state index in [-0.39, 0.29) is 0 Å². The Balaban J connectivity index is 2.74. The second kappa shape index (κ2) is 18.1. The fourth-order valence-electron chi connectivity index (χ4n) is 4.49. The maximum absolute atomic E-state index is 5.95. The molecule has 0 saturated heterocycles. The number of aliphatic imine (C=N–C) groups is 2. The van der Waals surface area contributed by atoms with Crippen LogP contribution in [0.15, 0.2) is 34.3 Å². The minimum absolute atomic E-state index is 0.712. The fourth-order valence-corrected chi connectivity index (χ4v) is 9.28. The van der Waals surface area contributed by atoms with E-state index in [2.05, 4.69) is 51.2 Å². The lowest BCUT2D eigenvalue weighted by Gasteiger charge is -2.25. The van der Waals surface area contributed by atoms with Gasteiger partial charge in [0.05, 0.1) is 0 Å². The average molecular weight is 537 g/mol. The third kappa shape index (κ3) is 11.9. The van der Waals surface area contributed by atoms with E-state index < -0.39 is 17.1 Å². The van der Waals surface area contributed by atoms with Crippen molar-refractivity contribution in [2.24, 2.45) is 9.98 Å². The van der Waals surface area contributed by atoms with E-state index in [1.165, 1.54) is 11.1 Å². The fraction of sp³-hybridized carbons (Fsp3) is 0.714. The van der Waals surface area contributed by atoms with Gasteiger partial charge in [-0.05, 0) is 89.7 Å². The van der Waals surface area contributed by atoms with Crippen LogP contribution < -0.4 is 0 Å².